The number of esters is 1. The van der Waals surface area contributed by atoms with Crippen molar-refractivity contribution in [3.05, 3.63) is 17.2 Å². The molecule has 1 aromatic carbocycles. The predicted octanol–water partition coefficient (Wildman–Crippen LogP) is 3.99. The van der Waals surface area contributed by atoms with Gasteiger partial charge in [0.15, 0.2) is 11.5 Å². The van der Waals surface area contributed by atoms with E-state index in [4.69, 9.17) is 30.2 Å². The molecule has 0 amide bonds. The van der Waals surface area contributed by atoms with Crippen molar-refractivity contribution in [1.29, 1.82) is 0 Å². The molecule has 0 radical (unpaired) electrons. The largest absolute Gasteiger partial charge is 0.465 e. The van der Waals surface area contributed by atoms with Gasteiger partial charge in [0.05, 0.1) is 11.6 Å². The first-order chi connectivity index (χ1) is 12.2. The summed E-state index contributed by atoms with van der Waals surface area (Å²) in [5.41, 5.74) is 0. The maximum atomic E-state index is 11.4. The number of nitrogens with zero attached hydrogens (tertiary/aromatic N) is 2. The fraction of sp³-hybridized carbons (Fsp3) is 0.267. The average Bonchev–Trinajstić information content (AvgIpc) is 3.30. The molecule has 0 saturated carbocycles. The van der Waals surface area contributed by atoms with E-state index in [1.165, 1.54) is 11.3 Å². The topological polar surface area (TPSA) is 83.7 Å². The van der Waals surface area contributed by atoms with Crippen molar-refractivity contribution in [2.75, 3.05) is 19.2 Å². The second kappa shape index (κ2) is 6.74. The molecule has 0 atom stereocenters. The van der Waals surface area contributed by atoms with Crippen LogP contribution in [0.3, 0.4) is 0 Å². The van der Waals surface area contributed by atoms with Crippen molar-refractivity contribution in [3.63, 3.8) is 0 Å². The lowest BCUT2D eigenvalue weighted by Gasteiger charge is -1.97. The minimum Gasteiger partial charge on any atom is -0.465 e. The second-order valence-electron chi connectivity index (χ2n) is 4.91. The first kappa shape index (κ1) is 16.5. The molecule has 0 saturated heterocycles. The number of fused-ring (bicyclic) bond motifs is 2. The number of thiophene rings is 1. The van der Waals surface area contributed by atoms with Gasteiger partial charge in [0.1, 0.15) is 10.6 Å². The average molecular weight is 399 g/mol. The molecule has 10 heteroatoms. The summed E-state index contributed by atoms with van der Waals surface area (Å²) in [6.07, 6.45) is 0. The molecule has 0 N–H and O–H groups in total. The Balaban J connectivity index is 1.60. The summed E-state index contributed by atoms with van der Waals surface area (Å²) >= 11 is 9.02. The minimum atomic E-state index is -0.332. The Kier molecular flexibility index (Phi) is 4.45. The molecule has 0 aliphatic carbocycles. The number of carbonyl (C=O) groups excluding carboxylic acids is 1. The number of aromatic nitrogens is 2. The maximum Gasteiger partial charge on any atom is 0.316 e. The van der Waals surface area contributed by atoms with Gasteiger partial charge in [-0.15, -0.1) is 21.5 Å². The van der Waals surface area contributed by atoms with Crippen LogP contribution in [0.4, 0.5) is 0 Å². The summed E-state index contributed by atoms with van der Waals surface area (Å²) in [6.45, 7) is 2.30. The zero-order chi connectivity index (χ0) is 17.4. The number of hydrogen-bond donors (Lipinski definition) is 0. The molecule has 1 aliphatic rings. The van der Waals surface area contributed by atoms with Gasteiger partial charge in [-0.05, 0) is 13.0 Å². The molecule has 3 aromatic rings. The molecular weight excluding hydrogens is 388 g/mol. The van der Waals surface area contributed by atoms with Crippen LogP contribution < -0.4 is 9.47 Å². The Morgan fingerprint density at radius 2 is 2.16 bits per heavy atom. The van der Waals surface area contributed by atoms with Crippen molar-refractivity contribution in [3.8, 4) is 22.3 Å². The monoisotopic (exact) mass is 398 g/mol. The standard InChI is InChI=1S/C15H11ClN2O5S2/c1-2-20-11(19)5-24-15-18-17-14(23-15)13-12(16)7-3-8-9(22-6-21-8)4-10(7)25-13/h3-4H,2,5-6H2,1H3. The fourth-order valence-electron chi connectivity index (χ4n) is 2.28. The van der Waals surface area contributed by atoms with E-state index in [0.29, 0.717) is 33.9 Å². The maximum absolute atomic E-state index is 11.4. The van der Waals surface area contributed by atoms with Crippen molar-refractivity contribution < 1.29 is 23.4 Å². The Hall–Kier alpha value is -1.97. The van der Waals surface area contributed by atoms with E-state index in [0.717, 1.165) is 21.8 Å². The summed E-state index contributed by atoms with van der Waals surface area (Å²) < 4.78 is 22.2. The molecule has 2 aromatic heterocycles. The zero-order valence-electron chi connectivity index (χ0n) is 12.9. The van der Waals surface area contributed by atoms with Crippen LogP contribution in [0.1, 0.15) is 6.92 Å². The number of hydrogen-bond acceptors (Lipinski definition) is 9. The van der Waals surface area contributed by atoms with Crippen LogP contribution in [0.5, 0.6) is 11.5 Å². The SMILES string of the molecule is CCOC(=O)CSc1nnc(-c2sc3cc4c(cc3c2Cl)OCO4)o1. The van der Waals surface area contributed by atoms with Crippen LogP contribution in [0.2, 0.25) is 5.02 Å². The highest BCUT2D eigenvalue weighted by molar-refractivity contribution is 7.99. The third-order valence-electron chi connectivity index (χ3n) is 3.34. The highest BCUT2D eigenvalue weighted by Crippen LogP contribution is 2.46. The van der Waals surface area contributed by atoms with Gasteiger partial charge in [-0.25, -0.2) is 0 Å². The highest BCUT2D eigenvalue weighted by atomic mass is 35.5. The molecular formula is C15H11ClN2O5S2. The molecule has 0 fully saturated rings. The third-order valence-corrected chi connectivity index (χ3v) is 5.78. The first-order valence-electron chi connectivity index (χ1n) is 7.29. The van der Waals surface area contributed by atoms with Crippen molar-refractivity contribution in [2.45, 2.75) is 12.1 Å². The number of halogens is 1. The minimum absolute atomic E-state index is 0.108. The highest BCUT2D eigenvalue weighted by Gasteiger charge is 2.22. The van der Waals surface area contributed by atoms with Crippen molar-refractivity contribution in [2.24, 2.45) is 0 Å². The van der Waals surface area contributed by atoms with Crippen LogP contribution in [0.25, 0.3) is 20.9 Å². The summed E-state index contributed by atoms with van der Waals surface area (Å²) in [5.74, 6) is 1.43. The van der Waals surface area contributed by atoms with Crippen LogP contribution in [-0.2, 0) is 9.53 Å². The molecule has 0 bridgehead atoms. The zero-order valence-corrected chi connectivity index (χ0v) is 15.3. The van der Waals surface area contributed by atoms with E-state index in [9.17, 15) is 4.79 Å². The van der Waals surface area contributed by atoms with Crippen LogP contribution in [0.15, 0.2) is 21.8 Å². The van der Waals surface area contributed by atoms with Gasteiger partial charge in [-0.3, -0.25) is 4.79 Å². The van der Waals surface area contributed by atoms with Gasteiger partial charge < -0.3 is 18.6 Å². The lowest BCUT2D eigenvalue weighted by molar-refractivity contribution is -0.139. The molecule has 7 nitrogen and oxygen atoms in total. The lowest BCUT2D eigenvalue weighted by atomic mass is 10.2. The molecule has 0 unspecified atom stereocenters. The normalized spacial score (nSPS) is 12.7. The molecule has 130 valence electrons. The number of thioether (sulfide) groups is 1. The molecule has 3 heterocycles. The van der Waals surface area contributed by atoms with E-state index in [-0.39, 0.29) is 23.7 Å². The van der Waals surface area contributed by atoms with E-state index < -0.39 is 0 Å². The third kappa shape index (κ3) is 3.14. The number of rotatable bonds is 5. The van der Waals surface area contributed by atoms with Gasteiger partial charge >= 0.3 is 5.97 Å². The van der Waals surface area contributed by atoms with Crippen molar-refractivity contribution >= 4 is 50.8 Å². The molecule has 0 spiro atoms. The quantitative estimate of drug-likeness (QED) is 0.471. The summed E-state index contributed by atoms with van der Waals surface area (Å²) in [4.78, 5) is 12.0. The first-order valence-corrected chi connectivity index (χ1v) is 9.47. The van der Waals surface area contributed by atoms with E-state index >= 15 is 0 Å². The smallest absolute Gasteiger partial charge is 0.316 e. The van der Waals surface area contributed by atoms with Crippen LogP contribution >= 0.6 is 34.7 Å². The predicted molar refractivity (Wildman–Crippen MR) is 93.6 cm³/mol. The van der Waals surface area contributed by atoms with E-state index in [1.807, 2.05) is 12.1 Å². The number of benzene rings is 1. The van der Waals surface area contributed by atoms with E-state index in [1.54, 1.807) is 6.92 Å². The molecule has 1 aliphatic heterocycles. The van der Waals surface area contributed by atoms with Gasteiger partial charge in [-0.1, -0.05) is 23.4 Å². The summed E-state index contributed by atoms with van der Waals surface area (Å²) in [6, 6.07) is 3.72. The lowest BCUT2D eigenvalue weighted by Crippen LogP contribution is -2.06. The number of ether oxygens (including phenoxy) is 3. The Labute approximate surface area is 155 Å². The molecule has 25 heavy (non-hydrogen) atoms. The van der Waals surface area contributed by atoms with Crippen LogP contribution in [-0.4, -0.2) is 35.3 Å². The van der Waals surface area contributed by atoms with Gasteiger partial charge in [-0.2, -0.15) is 0 Å². The number of carbonyl (C=O) groups is 1. The van der Waals surface area contributed by atoms with E-state index in [2.05, 4.69) is 10.2 Å². The van der Waals surface area contributed by atoms with Gasteiger partial charge in [0.2, 0.25) is 6.79 Å². The summed E-state index contributed by atoms with van der Waals surface area (Å²) in [5, 5.41) is 9.59. The summed E-state index contributed by atoms with van der Waals surface area (Å²) in [7, 11) is 0. The second-order valence-corrected chi connectivity index (χ2v) is 7.27. The van der Waals surface area contributed by atoms with Crippen molar-refractivity contribution in [1.82, 2.24) is 10.2 Å². The Morgan fingerprint density at radius 1 is 1.36 bits per heavy atom. The Morgan fingerprint density at radius 3 is 2.96 bits per heavy atom. The Bertz CT molecular complexity index is 955. The fourth-order valence-corrected chi connectivity index (χ4v) is 4.27. The molecule has 4 rings (SSSR count). The van der Waals surface area contributed by atoms with Crippen LogP contribution in [0, 0.1) is 0 Å². The van der Waals surface area contributed by atoms with Gasteiger partial charge in [0.25, 0.3) is 11.1 Å². The van der Waals surface area contributed by atoms with Gasteiger partial charge in [0, 0.05) is 16.2 Å².